The summed E-state index contributed by atoms with van der Waals surface area (Å²) in [4.78, 5) is 11.2. The first-order chi connectivity index (χ1) is 7.18. The minimum atomic E-state index is -0.308. The molecule has 0 amide bonds. The van der Waals surface area contributed by atoms with Gasteiger partial charge in [-0.1, -0.05) is 13.8 Å². The first-order valence-corrected chi connectivity index (χ1v) is 5.05. The monoisotopic (exact) mass is 208 g/mol. The minimum absolute atomic E-state index is 0.308. The summed E-state index contributed by atoms with van der Waals surface area (Å²) in [5.74, 6) is 0.243. The number of carbonyl (C=O) groups is 1. The second-order valence-electron chi connectivity index (χ2n) is 3.74. The van der Waals surface area contributed by atoms with Crippen molar-refractivity contribution in [3.05, 3.63) is 30.2 Å². The molecule has 0 bridgehead atoms. The van der Waals surface area contributed by atoms with Crippen LogP contribution in [-0.2, 0) is 9.53 Å². The molecule has 0 aliphatic rings. The second kappa shape index (κ2) is 6.06. The highest BCUT2D eigenvalue weighted by Gasteiger charge is 1.99. The van der Waals surface area contributed by atoms with Gasteiger partial charge in [0.25, 0.3) is 0 Å². The Bertz CT molecular complexity index is 310. The molecular formula is C12H16O3. The van der Waals surface area contributed by atoms with Gasteiger partial charge in [0.15, 0.2) is 0 Å². The second-order valence-corrected chi connectivity index (χ2v) is 3.74. The van der Waals surface area contributed by atoms with E-state index < -0.39 is 0 Å². The first-order valence-electron chi connectivity index (χ1n) is 5.05. The molecule has 0 spiro atoms. The zero-order chi connectivity index (χ0) is 11.1. The van der Waals surface area contributed by atoms with Gasteiger partial charge >= 0.3 is 5.97 Å². The maximum atomic E-state index is 11.2. The zero-order valence-corrected chi connectivity index (χ0v) is 9.10. The molecule has 0 aliphatic heterocycles. The van der Waals surface area contributed by atoms with Gasteiger partial charge in [0.2, 0.25) is 0 Å². The molecule has 1 aromatic heterocycles. The van der Waals surface area contributed by atoms with Crippen LogP contribution in [0.3, 0.4) is 0 Å². The summed E-state index contributed by atoms with van der Waals surface area (Å²) in [6, 6.07) is 1.78. The van der Waals surface area contributed by atoms with Crippen LogP contribution in [0.5, 0.6) is 0 Å². The van der Waals surface area contributed by atoms with Crippen molar-refractivity contribution in [2.75, 3.05) is 6.61 Å². The normalized spacial score (nSPS) is 11.1. The number of ether oxygens (including phenoxy) is 1. The Morgan fingerprint density at radius 3 is 3.00 bits per heavy atom. The van der Waals surface area contributed by atoms with Gasteiger partial charge < -0.3 is 9.15 Å². The number of esters is 1. The number of hydrogen-bond donors (Lipinski definition) is 0. The van der Waals surface area contributed by atoms with E-state index in [-0.39, 0.29) is 5.97 Å². The highest BCUT2D eigenvalue weighted by atomic mass is 16.5. The van der Waals surface area contributed by atoms with Crippen molar-refractivity contribution in [1.82, 2.24) is 0 Å². The van der Waals surface area contributed by atoms with Crippen molar-refractivity contribution in [3.63, 3.8) is 0 Å². The molecule has 1 heterocycles. The highest BCUT2D eigenvalue weighted by molar-refractivity contribution is 5.86. The lowest BCUT2D eigenvalue weighted by Gasteiger charge is -2.03. The van der Waals surface area contributed by atoms with Gasteiger partial charge in [-0.15, -0.1) is 0 Å². The van der Waals surface area contributed by atoms with Gasteiger partial charge in [-0.25, -0.2) is 4.79 Å². The summed E-state index contributed by atoms with van der Waals surface area (Å²) in [6.07, 6.45) is 7.10. The Labute approximate surface area is 89.7 Å². The molecule has 15 heavy (non-hydrogen) atoms. The van der Waals surface area contributed by atoms with Gasteiger partial charge in [0.05, 0.1) is 19.1 Å². The van der Waals surface area contributed by atoms with Crippen LogP contribution in [0.2, 0.25) is 0 Å². The number of hydrogen-bond acceptors (Lipinski definition) is 3. The molecular weight excluding hydrogens is 192 g/mol. The van der Waals surface area contributed by atoms with Crippen LogP contribution >= 0.6 is 0 Å². The Hall–Kier alpha value is -1.51. The summed E-state index contributed by atoms with van der Waals surface area (Å²) >= 11 is 0. The van der Waals surface area contributed by atoms with E-state index in [2.05, 4.69) is 13.8 Å². The van der Waals surface area contributed by atoms with Crippen LogP contribution < -0.4 is 0 Å². The van der Waals surface area contributed by atoms with Crippen molar-refractivity contribution in [1.29, 1.82) is 0 Å². The standard InChI is InChI=1S/C12H16O3/c1-10(2)5-8-15-12(13)4-3-11-6-7-14-9-11/h3-4,6-7,9-10H,5,8H2,1-2H3/b4-3+. The summed E-state index contributed by atoms with van der Waals surface area (Å²) in [5, 5.41) is 0. The number of rotatable bonds is 5. The third-order valence-electron chi connectivity index (χ3n) is 1.89. The van der Waals surface area contributed by atoms with E-state index in [1.54, 1.807) is 24.7 Å². The SMILES string of the molecule is CC(C)CCOC(=O)/C=C/c1ccoc1. The van der Waals surface area contributed by atoms with Crippen molar-refractivity contribution in [3.8, 4) is 0 Å². The van der Waals surface area contributed by atoms with Crippen molar-refractivity contribution < 1.29 is 13.9 Å². The van der Waals surface area contributed by atoms with Gasteiger partial charge in [-0.05, 0) is 24.5 Å². The first kappa shape index (κ1) is 11.6. The fourth-order valence-electron chi connectivity index (χ4n) is 0.977. The molecule has 0 aromatic carbocycles. The summed E-state index contributed by atoms with van der Waals surface area (Å²) in [5.41, 5.74) is 0.857. The Kier molecular flexibility index (Phi) is 4.68. The Balaban J connectivity index is 2.24. The molecule has 0 saturated heterocycles. The lowest BCUT2D eigenvalue weighted by atomic mass is 10.1. The molecule has 0 unspecified atom stereocenters. The number of carbonyl (C=O) groups excluding carboxylic acids is 1. The Morgan fingerprint density at radius 1 is 1.60 bits per heavy atom. The van der Waals surface area contributed by atoms with Crippen molar-refractivity contribution >= 4 is 12.0 Å². The molecule has 0 saturated carbocycles. The predicted molar refractivity (Wildman–Crippen MR) is 58.2 cm³/mol. The van der Waals surface area contributed by atoms with Crippen LogP contribution in [-0.4, -0.2) is 12.6 Å². The van der Waals surface area contributed by atoms with Gasteiger partial charge in [0, 0.05) is 11.6 Å². The fraction of sp³-hybridized carbons (Fsp3) is 0.417. The Morgan fingerprint density at radius 2 is 2.40 bits per heavy atom. The average Bonchev–Trinajstić information content (AvgIpc) is 2.66. The largest absolute Gasteiger partial charge is 0.472 e. The van der Waals surface area contributed by atoms with E-state index in [1.807, 2.05) is 0 Å². The van der Waals surface area contributed by atoms with E-state index in [0.29, 0.717) is 12.5 Å². The summed E-state index contributed by atoms with van der Waals surface area (Å²) < 4.78 is 9.85. The van der Waals surface area contributed by atoms with Crippen LogP contribution in [0.15, 0.2) is 29.1 Å². The fourth-order valence-corrected chi connectivity index (χ4v) is 0.977. The molecule has 0 N–H and O–H groups in total. The molecule has 0 atom stereocenters. The molecule has 82 valence electrons. The smallest absolute Gasteiger partial charge is 0.330 e. The third-order valence-corrected chi connectivity index (χ3v) is 1.89. The van der Waals surface area contributed by atoms with Gasteiger partial charge in [-0.3, -0.25) is 0 Å². The molecule has 3 heteroatoms. The molecule has 0 fully saturated rings. The number of furan rings is 1. The maximum absolute atomic E-state index is 11.2. The van der Waals surface area contributed by atoms with E-state index in [1.165, 1.54) is 6.08 Å². The maximum Gasteiger partial charge on any atom is 0.330 e. The van der Waals surface area contributed by atoms with Crippen molar-refractivity contribution in [2.24, 2.45) is 5.92 Å². The quantitative estimate of drug-likeness (QED) is 0.551. The predicted octanol–water partition coefficient (Wildman–Crippen LogP) is 2.88. The van der Waals surface area contributed by atoms with Crippen molar-refractivity contribution in [2.45, 2.75) is 20.3 Å². The van der Waals surface area contributed by atoms with E-state index in [9.17, 15) is 4.79 Å². The summed E-state index contributed by atoms with van der Waals surface area (Å²) in [6.45, 7) is 4.66. The molecule has 1 rings (SSSR count). The van der Waals surface area contributed by atoms with Crippen LogP contribution in [0.4, 0.5) is 0 Å². The molecule has 0 radical (unpaired) electrons. The average molecular weight is 208 g/mol. The third kappa shape index (κ3) is 5.05. The molecule has 1 aromatic rings. The van der Waals surface area contributed by atoms with Crippen LogP contribution in [0.25, 0.3) is 6.08 Å². The van der Waals surface area contributed by atoms with E-state index >= 15 is 0 Å². The molecule has 3 nitrogen and oxygen atoms in total. The lowest BCUT2D eigenvalue weighted by Crippen LogP contribution is -2.04. The van der Waals surface area contributed by atoms with Crippen LogP contribution in [0.1, 0.15) is 25.8 Å². The lowest BCUT2D eigenvalue weighted by molar-refractivity contribution is -0.137. The minimum Gasteiger partial charge on any atom is -0.472 e. The highest BCUT2D eigenvalue weighted by Crippen LogP contribution is 2.03. The topological polar surface area (TPSA) is 39.4 Å². The van der Waals surface area contributed by atoms with Gasteiger partial charge in [-0.2, -0.15) is 0 Å². The zero-order valence-electron chi connectivity index (χ0n) is 9.10. The van der Waals surface area contributed by atoms with Gasteiger partial charge in [0.1, 0.15) is 0 Å². The summed E-state index contributed by atoms with van der Waals surface area (Å²) in [7, 11) is 0. The molecule has 0 aliphatic carbocycles. The van der Waals surface area contributed by atoms with Crippen LogP contribution in [0, 0.1) is 5.92 Å². The van der Waals surface area contributed by atoms with E-state index in [4.69, 9.17) is 9.15 Å². The van der Waals surface area contributed by atoms with E-state index in [0.717, 1.165) is 12.0 Å².